The van der Waals surface area contributed by atoms with Crippen LogP contribution in [0.15, 0.2) is 24.3 Å². The molecule has 0 aliphatic rings. The number of unbranched alkanes of at least 4 members (excludes halogenated alkanes) is 24. The Morgan fingerprint density at radius 1 is 0.654 bits per heavy atom. The summed E-state index contributed by atoms with van der Waals surface area (Å²) in [6, 6.07) is -0.994. The van der Waals surface area contributed by atoms with Gasteiger partial charge in [0.15, 0.2) is 0 Å². The van der Waals surface area contributed by atoms with E-state index in [1.165, 1.54) is 135 Å². The Hall–Kier alpha value is -1.06. The third-order valence-corrected chi connectivity index (χ3v) is 10.6. The lowest BCUT2D eigenvalue weighted by atomic mass is 10.0. The maximum absolute atomic E-state index is 12.8. The predicted molar refractivity (Wildman–Crippen MR) is 218 cm³/mol. The highest BCUT2D eigenvalue weighted by atomic mass is 31.2. The first kappa shape index (κ1) is 50.9. The van der Waals surface area contributed by atoms with Crippen LogP contribution < -0.4 is 11.1 Å². The van der Waals surface area contributed by atoms with Gasteiger partial charge in [0, 0.05) is 6.54 Å². The van der Waals surface area contributed by atoms with Gasteiger partial charge < -0.3 is 26.2 Å². The average molecular weight is 759 g/mol. The molecule has 6 N–H and O–H groups in total. The topological polar surface area (TPSA) is 151 Å². The molecule has 4 atom stereocenters. The summed E-state index contributed by atoms with van der Waals surface area (Å²) >= 11 is 0. The summed E-state index contributed by atoms with van der Waals surface area (Å²) in [6.07, 6.45) is 39.8. The van der Waals surface area contributed by atoms with Gasteiger partial charge in [-0.05, 0) is 32.1 Å². The largest absolute Gasteiger partial charge is 0.472 e. The number of phosphoric ester groups is 1. The first-order valence-electron chi connectivity index (χ1n) is 21.5. The summed E-state index contributed by atoms with van der Waals surface area (Å²) in [7, 11) is -4.40. The number of hydrogen-bond acceptors (Lipinski definition) is 7. The Morgan fingerprint density at radius 3 is 1.60 bits per heavy atom. The number of aliphatic hydroxyl groups is 2. The summed E-state index contributed by atoms with van der Waals surface area (Å²) in [5, 5.41) is 24.0. The first-order chi connectivity index (χ1) is 25.3. The first-order valence-corrected chi connectivity index (χ1v) is 23.0. The number of carbonyl (C=O) groups is 1. The van der Waals surface area contributed by atoms with Crippen molar-refractivity contribution in [1.29, 1.82) is 0 Å². The minimum absolute atomic E-state index is 0.0459. The Bertz CT molecular complexity index is 888. The molecule has 0 aromatic carbocycles. The maximum atomic E-state index is 12.8. The molecular weight excluding hydrogens is 675 g/mol. The fraction of sp³-hybridized carbons (Fsp3) is 0.881. The lowest BCUT2D eigenvalue weighted by Gasteiger charge is -2.24. The van der Waals surface area contributed by atoms with Gasteiger partial charge in [-0.2, -0.15) is 0 Å². The molecule has 0 radical (unpaired) electrons. The second-order valence-electron chi connectivity index (χ2n) is 14.7. The van der Waals surface area contributed by atoms with Crippen LogP contribution in [0.25, 0.3) is 0 Å². The quantitative estimate of drug-likeness (QED) is 0.0235. The highest BCUT2D eigenvalue weighted by molar-refractivity contribution is 7.47. The van der Waals surface area contributed by atoms with E-state index in [9.17, 15) is 24.5 Å². The standard InChI is InChI=1S/C42H83N2O7P/c1-3-5-7-9-11-13-15-17-19-20-21-23-25-27-29-31-33-39(45)37-42(47)44-40(38-51-52(48,49)50-36-35-43)41(46)34-32-30-28-26-24-22-18-16-14-12-10-8-6-4-2/h24,26,32,34,39-41,45-46H,3-23,25,27-31,33,35-38,43H2,1-2H3,(H,44,47)(H,48,49)/b26-24+,34-32+. The van der Waals surface area contributed by atoms with Crippen molar-refractivity contribution in [2.75, 3.05) is 19.8 Å². The summed E-state index contributed by atoms with van der Waals surface area (Å²) in [5.41, 5.74) is 5.35. The van der Waals surface area contributed by atoms with Gasteiger partial charge in [0.05, 0.1) is 37.9 Å². The monoisotopic (exact) mass is 759 g/mol. The van der Waals surface area contributed by atoms with Gasteiger partial charge in [-0.25, -0.2) is 4.57 Å². The average Bonchev–Trinajstić information content (AvgIpc) is 3.12. The maximum Gasteiger partial charge on any atom is 0.472 e. The van der Waals surface area contributed by atoms with Gasteiger partial charge in [-0.15, -0.1) is 0 Å². The third kappa shape index (κ3) is 35.9. The fourth-order valence-corrected chi connectivity index (χ4v) is 7.07. The number of allylic oxidation sites excluding steroid dienone is 3. The van der Waals surface area contributed by atoms with E-state index in [1.807, 2.05) is 6.08 Å². The number of nitrogens with two attached hydrogens (primary N) is 1. The van der Waals surface area contributed by atoms with Gasteiger partial charge in [0.25, 0.3) is 0 Å². The molecule has 0 fully saturated rings. The molecule has 10 heteroatoms. The lowest BCUT2D eigenvalue weighted by Crippen LogP contribution is -2.46. The van der Waals surface area contributed by atoms with Crippen molar-refractivity contribution >= 4 is 13.7 Å². The van der Waals surface area contributed by atoms with Crippen molar-refractivity contribution in [1.82, 2.24) is 5.32 Å². The Kier molecular flexibility index (Phi) is 37.4. The molecule has 308 valence electrons. The van der Waals surface area contributed by atoms with Crippen LogP contribution in [-0.4, -0.2) is 59.0 Å². The predicted octanol–water partition coefficient (Wildman–Crippen LogP) is 10.8. The Balaban J connectivity index is 4.35. The molecule has 0 spiro atoms. The highest BCUT2D eigenvalue weighted by Crippen LogP contribution is 2.43. The molecule has 0 heterocycles. The SMILES string of the molecule is CCCCCCCCCC/C=C/CC/C=C/C(O)C(COP(=O)(O)OCCN)NC(=O)CC(O)CCCCCCCCCCCCCCCCCC. The molecule has 0 aromatic rings. The minimum Gasteiger partial charge on any atom is -0.393 e. The molecule has 0 saturated heterocycles. The van der Waals surface area contributed by atoms with Crippen LogP contribution in [-0.2, 0) is 18.4 Å². The van der Waals surface area contributed by atoms with Crippen molar-refractivity contribution in [3.8, 4) is 0 Å². The number of amides is 1. The number of hydrogen-bond donors (Lipinski definition) is 5. The second-order valence-corrected chi connectivity index (χ2v) is 16.2. The Labute approximate surface area is 320 Å². The van der Waals surface area contributed by atoms with Crippen molar-refractivity contribution < 1.29 is 33.5 Å². The van der Waals surface area contributed by atoms with E-state index in [0.29, 0.717) is 12.8 Å². The molecule has 0 aliphatic heterocycles. The number of aliphatic hydroxyl groups excluding tert-OH is 2. The van der Waals surface area contributed by atoms with E-state index in [1.54, 1.807) is 6.08 Å². The normalized spacial score (nSPS) is 15.0. The summed E-state index contributed by atoms with van der Waals surface area (Å²) < 4.78 is 22.0. The van der Waals surface area contributed by atoms with Crippen LogP contribution in [0.5, 0.6) is 0 Å². The van der Waals surface area contributed by atoms with Crippen LogP contribution in [0.2, 0.25) is 0 Å². The van der Waals surface area contributed by atoms with E-state index in [-0.39, 0.29) is 19.6 Å². The van der Waals surface area contributed by atoms with Crippen LogP contribution in [0.1, 0.15) is 200 Å². The van der Waals surface area contributed by atoms with Crippen LogP contribution in [0, 0.1) is 0 Å². The van der Waals surface area contributed by atoms with Gasteiger partial charge >= 0.3 is 7.82 Å². The minimum atomic E-state index is -4.40. The van der Waals surface area contributed by atoms with Crippen molar-refractivity contribution in [3.05, 3.63) is 24.3 Å². The van der Waals surface area contributed by atoms with Gasteiger partial charge in [0.2, 0.25) is 5.91 Å². The van der Waals surface area contributed by atoms with Crippen molar-refractivity contribution in [2.24, 2.45) is 5.73 Å². The van der Waals surface area contributed by atoms with E-state index in [0.717, 1.165) is 32.1 Å². The summed E-state index contributed by atoms with van der Waals surface area (Å²) in [4.78, 5) is 22.7. The number of phosphoric acid groups is 1. The molecule has 9 nitrogen and oxygen atoms in total. The van der Waals surface area contributed by atoms with Crippen molar-refractivity contribution in [3.63, 3.8) is 0 Å². The second kappa shape index (κ2) is 38.2. The number of carbonyl (C=O) groups excluding carboxylic acids is 1. The van der Waals surface area contributed by atoms with Crippen molar-refractivity contribution in [2.45, 2.75) is 218 Å². The molecule has 4 unspecified atom stereocenters. The van der Waals surface area contributed by atoms with Crippen LogP contribution in [0.4, 0.5) is 0 Å². The summed E-state index contributed by atoms with van der Waals surface area (Å²) in [6.45, 7) is 3.95. The smallest absolute Gasteiger partial charge is 0.393 e. The Morgan fingerprint density at radius 2 is 1.10 bits per heavy atom. The van der Waals surface area contributed by atoms with Gasteiger partial charge in [-0.1, -0.05) is 186 Å². The molecular formula is C42H83N2O7P. The zero-order valence-electron chi connectivity index (χ0n) is 33.7. The number of rotatable bonds is 40. The van der Waals surface area contributed by atoms with E-state index in [4.69, 9.17) is 14.8 Å². The van der Waals surface area contributed by atoms with E-state index in [2.05, 4.69) is 31.3 Å². The molecule has 0 aliphatic carbocycles. The van der Waals surface area contributed by atoms with Gasteiger partial charge in [-0.3, -0.25) is 13.8 Å². The molecule has 0 aromatic heterocycles. The molecule has 1 amide bonds. The van der Waals surface area contributed by atoms with E-state index >= 15 is 0 Å². The molecule has 0 saturated carbocycles. The van der Waals surface area contributed by atoms with E-state index < -0.39 is 38.6 Å². The summed E-state index contributed by atoms with van der Waals surface area (Å²) in [5.74, 6) is -0.454. The van der Waals surface area contributed by atoms with Crippen LogP contribution >= 0.6 is 7.82 Å². The zero-order chi connectivity index (χ0) is 38.4. The van der Waals surface area contributed by atoms with Gasteiger partial charge in [0.1, 0.15) is 0 Å². The fourth-order valence-electron chi connectivity index (χ4n) is 6.31. The molecule has 0 rings (SSSR count). The van der Waals surface area contributed by atoms with Crippen LogP contribution in [0.3, 0.4) is 0 Å². The highest BCUT2D eigenvalue weighted by Gasteiger charge is 2.27. The molecule has 0 bridgehead atoms. The molecule has 52 heavy (non-hydrogen) atoms. The number of nitrogens with one attached hydrogen (secondary N) is 1. The zero-order valence-corrected chi connectivity index (χ0v) is 34.6. The third-order valence-electron chi connectivity index (χ3n) is 9.58. The lowest BCUT2D eigenvalue weighted by molar-refractivity contribution is -0.124.